The van der Waals surface area contributed by atoms with Gasteiger partial charge in [0.25, 0.3) is 5.91 Å². The van der Waals surface area contributed by atoms with Gasteiger partial charge in [0.1, 0.15) is 11.6 Å². The molecule has 0 aliphatic heterocycles. The number of carbonyl (C=O) groups is 1. The topological polar surface area (TPSA) is 71.3 Å². The summed E-state index contributed by atoms with van der Waals surface area (Å²) in [5.74, 6) is 0.691. The van der Waals surface area contributed by atoms with Gasteiger partial charge in [-0.15, -0.1) is 0 Å². The second-order valence-corrected chi connectivity index (χ2v) is 6.39. The number of amides is 1. The van der Waals surface area contributed by atoms with Crippen molar-refractivity contribution in [2.75, 3.05) is 19.5 Å². The second-order valence-electron chi connectivity index (χ2n) is 5.23. The van der Waals surface area contributed by atoms with Crippen molar-refractivity contribution < 1.29 is 14.3 Å². The van der Waals surface area contributed by atoms with Crippen molar-refractivity contribution in [3.05, 3.63) is 56.7 Å². The molecule has 1 N–H and O–H groups in total. The van der Waals surface area contributed by atoms with E-state index in [9.17, 15) is 10.1 Å². The van der Waals surface area contributed by atoms with Crippen LogP contribution in [0.15, 0.2) is 42.0 Å². The minimum atomic E-state index is -0.462. The SMILES string of the molecule is COc1cc(/C=C(/C#N)C(=O)Nc2ccc(C)cc2)cc(I)c1OC. The van der Waals surface area contributed by atoms with E-state index in [4.69, 9.17) is 9.47 Å². The minimum absolute atomic E-state index is 0.00333. The molecule has 0 unspecified atom stereocenters. The highest BCUT2D eigenvalue weighted by molar-refractivity contribution is 14.1. The first-order valence-corrected chi connectivity index (χ1v) is 8.47. The van der Waals surface area contributed by atoms with E-state index in [-0.39, 0.29) is 5.57 Å². The Balaban J connectivity index is 2.30. The summed E-state index contributed by atoms with van der Waals surface area (Å²) >= 11 is 2.12. The first kappa shape index (κ1) is 18.8. The maximum atomic E-state index is 12.3. The number of hydrogen-bond donors (Lipinski definition) is 1. The van der Waals surface area contributed by atoms with E-state index >= 15 is 0 Å². The zero-order valence-corrected chi connectivity index (χ0v) is 16.2. The number of ether oxygens (including phenoxy) is 2. The van der Waals surface area contributed by atoms with Gasteiger partial charge in [0, 0.05) is 5.69 Å². The summed E-state index contributed by atoms with van der Waals surface area (Å²) in [7, 11) is 3.10. The predicted octanol–water partition coefficient (Wildman–Crippen LogP) is 4.16. The summed E-state index contributed by atoms with van der Waals surface area (Å²) in [6, 6.07) is 12.8. The van der Waals surface area contributed by atoms with Gasteiger partial charge in [0.2, 0.25) is 0 Å². The van der Waals surface area contributed by atoms with Crippen LogP contribution in [-0.4, -0.2) is 20.1 Å². The molecule has 0 fully saturated rings. The van der Waals surface area contributed by atoms with Crippen LogP contribution in [0, 0.1) is 21.8 Å². The molecule has 0 aliphatic carbocycles. The Kier molecular flexibility index (Phi) is 6.42. The highest BCUT2D eigenvalue weighted by Crippen LogP contribution is 2.34. The van der Waals surface area contributed by atoms with Crippen molar-refractivity contribution in [2.24, 2.45) is 0 Å². The molecule has 128 valence electrons. The lowest BCUT2D eigenvalue weighted by Crippen LogP contribution is -2.13. The highest BCUT2D eigenvalue weighted by atomic mass is 127. The van der Waals surface area contributed by atoms with Crippen LogP contribution >= 0.6 is 22.6 Å². The van der Waals surface area contributed by atoms with Gasteiger partial charge in [-0.25, -0.2) is 0 Å². The molecule has 0 saturated heterocycles. The third kappa shape index (κ3) is 4.73. The van der Waals surface area contributed by atoms with Crippen molar-refractivity contribution in [3.8, 4) is 17.6 Å². The molecule has 2 aromatic rings. The molecule has 0 saturated carbocycles. The Morgan fingerprint density at radius 2 is 1.88 bits per heavy atom. The van der Waals surface area contributed by atoms with E-state index < -0.39 is 5.91 Å². The Hall–Kier alpha value is -2.53. The van der Waals surface area contributed by atoms with Crippen LogP contribution in [-0.2, 0) is 4.79 Å². The molecule has 0 atom stereocenters. The van der Waals surface area contributed by atoms with Gasteiger partial charge in [-0.05, 0) is 65.4 Å². The first-order chi connectivity index (χ1) is 12.0. The third-order valence-corrected chi connectivity index (χ3v) is 4.24. The molecule has 0 bridgehead atoms. The number of nitriles is 1. The van der Waals surface area contributed by atoms with Crippen molar-refractivity contribution in [1.82, 2.24) is 0 Å². The molecular formula is C19H17IN2O3. The Morgan fingerprint density at radius 1 is 1.20 bits per heavy atom. The molecule has 0 aromatic heterocycles. The summed E-state index contributed by atoms with van der Waals surface area (Å²) in [5, 5.41) is 12.1. The molecule has 6 heteroatoms. The van der Waals surface area contributed by atoms with Crippen LogP contribution in [0.3, 0.4) is 0 Å². The number of halogens is 1. The van der Waals surface area contributed by atoms with Gasteiger partial charge in [0.05, 0.1) is 17.8 Å². The number of aryl methyl sites for hydroxylation is 1. The number of rotatable bonds is 5. The summed E-state index contributed by atoms with van der Waals surface area (Å²) < 4.78 is 11.4. The molecule has 0 spiro atoms. The monoisotopic (exact) mass is 448 g/mol. The summed E-state index contributed by atoms with van der Waals surface area (Å²) in [6.07, 6.45) is 1.52. The van der Waals surface area contributed by atoms with Crippen molar-refractivity contribution in [2.45, 2.75) is 6.92 Å². The fraction of sp³-hybridized carbons (Fsp3) is 0.158. The van der Waals surface area contributed by atoms with Gasteiger partial charge in [-0.1, -0.05) is 17.7 Å². The van der Waals surface area contributed by atoms with Crippen molar-refractivity contribution in [3.63, 3.8) is 0 Å². The lowest BCUT2D eigenvalue weighted by atomic mass is 10.1. The van der Waals surface area contributed by atoms with Gasteiger partial charge in [-0.3, -0.25) is 4.79 Å². The number of methoxy groups -OCH3 is 2. The van der Waals surface area contributed by atoms with Crippen LogP contribution < -0.4 is 14.8 Å². The fourth-order valence-corrected chi connectivity index (χ4v) is 3.02. The zero-order valence-electron chi connectivity index (χ0n) is 14.1. The van der Waals surface area contributed by atoms with Gasteiger partial charge in [-0.2, -0.15) is 5.26 Å². The number of carbonyl (C=O) groups excluding carboxylic acids is 1. The maximum absolute atomic E-state index is 12.3. The van der Waals surface area contributed by atoms with Crippen molar-refractivity contribution >= 4 is 40.3 Å². The first-order valence-electron chi connectivity index (χ1n) is 7.39. The van der Waals surface area contributed by atoms with Gasteiger partial charge in [0.15, 0.2) is 11.5 Å². The van der Waals surface area contributed by atoms with Crippen molar-refractivity contribution in [1.29, 1.82) is 5.26 Å². The van der Waals surface area contributed by atoms with E-state index in [0.717, 1.165) is 9.13 Å². The fourth-order valence-electron chi connectivity index (χ4n) is 2.17. The molecule has 0 aliphatic rings. The number of benzene rings is 2. The molecule has 25 heavy (non-hydrogen) atoms. The standard InChI is InChI=1S/C19H17IN2O3/c1-12-4-6-15(7-5-12)22-19(23)14(11-21)8-13-9-16(20)18(25-3)17(10-13)24-2/h4-10H,1-3H3,(H,22,23)/b14-8-. The normalized spacial score (nSPS) is 10.8. The zero-order chi connectivity index (χ0) is 18.4. The number of anilines is 1. The van der Waals surface area contributed by atoms with E-state index in [1.165, 1.54) is 13.2 Å². The smallest absolute Gasteiger partial charge is 0.266 e. The molecule has 0 heterocycles. The second kappa shape index (κ2) is 8.53. The minimum Gasteiger partial charge on any atom is -0.493 e. The Morgan fingerprint density at radius 3 is 2.44 bits per heavy atom. The quantitative estimate of drug-likeness (QED) is 0.424. The van der Waals surface area contributed by atoms with Gasteiger partial charge >= 0.3 is 0 Å². The van der Waals surface area contributed by atoms with Crippen LogP contribution in [0.25, 0.3) is 6.08 Å². The number of nitrogens with one attached hydrogen (secondary N) is 1. The largest absolute Gasteiger partial charge is 0.493 e. The molecule has 0 radical (unpaired) electrons. The molecule has 1 amide bonds. The van der Waals surface area contributed by atoms with Crippen LogP contribution in [0.1, 0.15) is 11.1 Å². The Labute approximate surface area is 160 Å². The van der Waals surface area contributed by atoms with E-state index in [1.807, 2.05) is 31.2 Å². The number of hydrogen-bond acceptors (Lipinski definition) is 4. The van der Waals surface area contributed by atoms with E-state index in [2.05, 4.69) is 27.9 Å². The van der Waals surface area contributed by atoms with Crippen LogP contribution in [0.4, 0.5) is 5.69 Å². The van der Waals surface area contributed by atoms with Crippen LogP contribution in [0.5, 0.6) is 11.5 Å². The average Bonchev–Trinajstić information content (AvgIpc) is 2.60. The maximum Gasteiger partial charge on any atom is 0.266 e. The summed E-state index contributed by atoms with van der Waals surface area (Å²) in [5.41, 5.74) is 2.41. The third-order valence-electron chi connectivity index (χ3n) is 3.44. The molecule has 2 aromatic carbocycles. The lowest BCUT2D eigenvalue weighted by molar-refractivity contribution is -0.112. The molecular weight excluding hydrogens is 431 g/mol. The summed E-state index contributed by atoms with van der Waals surface area (Å²) in [6.45, 7) is 1.96. The molecule has 5 nitrogen and oxygen atoms in total. The highest BCUT2D eigenvalue weighted by Gasteiger charge is 2.13. The summed E-state index contributed by atoms with van der Waals surface area (Å²) in [4.78, 5) is 12.3. The number of nitrogens with zero attached hydrogens (tertiary/aromatic N) is 1. The van der Waals surface area contributed by atoms with Gasteiger partial charge < -0.3 is 14.8 Å². The van der Waals surface area contributed by atoms with Crippen LogP contribution in [0.2, 0.25) is 0 Å². The van der Waals surface area contributed by atoms with E-state index in [0.29, 0.717) is 22.7 Å². The lowest BCUT2D eigenvalue weighted by Gasteiger charge is -2.11. The van der Waals surface area contributed by atoms with E-state index in [1.54, 1.807) is 25.3 Å². The molecule has 2 rings (SSSR count). The predicted molar refractivity (Wildman–Crippen MR) is 106 cm³/mol. The Bertz CT molecular complexity index is 852. The average molecular weight is 448 g/mol.